The summed E-state index contributed by atoms with van der Waals surface area (Å²) in [7, 11) is 0. The number of Topliss-reactive ketones (excluding diaryl/α,β-unsaturated/α-hetero) is 1. The number of ether oxygens (including phenoxy) is 1. The maximum Gasteiger partial charge on any atom is 0.195 e. The molecule has 1 N–H and O–H groups in total. The van der Waals surface area contributed by atoms with Crippen LogP contribution in [0.25, 0.3) is 0 Å². The molecule has 0 unspecified atom stereocenters. The van der Waals surface area contributed by atoms with E-state index in [-0.39, 0.29) is 17.6 Å². The predicted molar refractivity (Wildman–Crippen MR) is 93.7 cm³/mol. The highest BCUT2D eigenvalue weighted by Gasteiger charge is 2.42. The van der Waals surface area contributed by atoms with Crippen LogP contribution in [0.15, 0.2) is 36.5 Å². The molecular formula is C20H20F2N2O3. The number of carbonyl (C=O) groups is 1. The number of ketones is 1. The normalized spacial score (nSPS) is 24.7. The zero-order chi connectivity index (χ0) is 19.0. The molecule has 2 heterocycles. The first-order valence-electron chi connectivity index (χ1n) is 9.00. The first kappa shape index (κ1) is 17.9. The van der Waals surface area contributed by atoms with Gasteiger partial charge in [-0.3, -0.25) is 9.69 Å². The molecule has 0 spiro atoms. The minimum Gasteiger partial charge on any atom is -0.506 e. The van der Waals surface area contributed by atoms with Crippen molar-refractivity contribution in [1.82, 2.24) is 9.88 Å². The number of likely N-dealkylation sites (tertiary alicyclic amines) is 1. The van der Waals surface area contributed by atoms with Gasteiger partial charge in [-0.15, -0.1) is 0 Å². The molecule has 1 aromatic carbocycles. The van der Waals surface area contributed by atoms with Crippen molar-refractivity contribution < 1.29 is 23.4 Å². The fourth-order valence-electron chi connectivity index (χ4n) is 4.14. The molecule has 4 rings (SSSR count). The molecular weight excluding hydrogens is 354 g/mol. The summed E-state index contributed by atoms with van der Waals surface area (Å²) in [6.07, 6.45) is 2.94. The van der Waals surface area contributed by atoms with E-state index in [0.29, 0.717) is 29.8 Å². The summed E-state index contributed by atoms with van der Waals surface area (Å²) in [5, 5.41) is 9.26. The lowest BCUT2D eigenvalue weighted by atomic mass is 10.0. The summed E-state index contributed by atoms with van der Waals surface area (Å²) in [5.41, 5.74) is 0.351. The molecule has 2 aromatic rings. The third-order valence-electron chi connectivity index (χ3n) is 5.38. The van der Waals surface area contributed by atoms with Crippen molar-refractivity contribution in [3.63, 3.8) is 0 Å². The number of benzene rings is 1. The van der Waals surface area contributed by atoms with E-state index in [2.05, 4.69) is 9.88 Å². The monoisotopic (exact) mass is 374 g/mol. The Balaban J connectivity index is 1.29. The summed E-state index contributed by atoms with van der Waals surface area (Å²) in [6.45, 7) is 1.93. The highest BCUT2D eigenvalue weighted by atomic mass is 19.2. The highest BCUT2D eigenvalue weighted by molar-refractivity contribution is 5.95. The van der Waals surface area contributed by atoms with Crippen LogP contribution in [-0.4, -0.2) is 46.5 Å². The van der Waals surface area contributed by atoms with Crippen LogP contribution in [0.3, 0.4) is 0 Å². The molecule has 2 aliphatic rings. The number of rotatable bonds is 5. The van der Waals surface area contributed by atoms with E-state index in [1.54, 1.807) is 0 Å². The van der Waals surface area contributed by atoms with Gasteiger partial charge >= 0.3 is 0 Å². The molecule has 5 nitrogen and oxygen atoms in total. The topological polar surface area (TPSA) is 62.7 Å². The van der Waals surface area contributed by atoms with E-state index in [0.717, 1.165) is 38.1 Å². The molecule has 0 radical (unpaired) electrons. The van der Waals surface area contributed by atoms with Crippen molar-refractivity contribution in [2.75, 3.05) is 19.6 Å². The summed E-state index contributed by atoms with van der Waals surface area (Å²) in [4.78, 5) is 18.4. The third-order valence-corrected chi connectivity index (χ3v) is 5.38. The van der Waals surface area contributed by atoms with Crippen LogP contribution in [0.2, 0.25) is 0 Å². The fourth-order valence-corrected chi connectivity index (χ4v) is 4.14. The minimum absolute atomic E-state index is 0.0125. The summed E-state index contributed by atoms with van der Waals surface area (Å²) >= 11 is 0. The van der Waals surface area contributed by atoms with E-state index in [1.807, 2.05) is 0 Å². The number of pyridine rings is 1. The molecule has 1 aliphatic heterocycles. The van der Waals surface area contributed by atoms with Gasteiger partial charge < -0.3 is 9.84 Å². The smallest absolute Gasteiger partial charge is 0.195 e. The second kappa shape index (κ2) is 7.23. The van der Waals surface area contributed by atoms with Gasteiger partial charge in [0, 0.05) is 19.2 Å². The second-order valence-corrected chi connectivity index (χ2v) is 7.33. The lowest BCUT2D eigenvalue weighted by molar-refractivity contribution is 0.0931. The van der Waals surface area contributed by atoms with Gasteiger partial charge in [0.2, 0.25) is 0 Å². The average molecular weight is 374 g/mol. The Morgan fingerprint density at radius 1 is 1.15 bits per heavy atom. The highest BCUT2D eigenvalue weighted by Crippen LogP contribution is 2.39. The summed E-state index contributed by atoms with van der Waals surface area (Å²) < 4.78 is 32.1. The van der Waals surface area contributed by atoms with Gasteiger partial charge in [-0.1, -0.05) is 0 Å². The van der Waals surface area contributed by atoms with Crippen LogP contribution in [0.4, 0.5) is 8.78 Å². The predicted octanol–water partition coefficient (Wildman–Crippen LogP) is 3.04. The lowest BCUT2D eigenvalue weighted by Gasteiger charge is -2.19. The number of hydrogen-bond donors (Lipinski definition) is 1. The van der Waals surface area contributed by atoms with Gasteiger partial charge in [-0.05, 0) is 48.9 Å². The molecule has 3 atom stereocenters. The second-order valence-electron chi connectivity index (χ2n) is 7.33. The van der Waals surface area contributed by atoms with E-state index < -0.39 is 11.6 Å². The minimum atomic E-state index is -0.904. The van der Waals surface area contributed by atoms with Crippen molar-refractivity contribution >= 4 is 5.78 Å². The molecule has 0 amide bonds. The molecule has 2 fully saturated rings. The van der Waals surface area contributed by atoms with Crippen molar-refractivity contribution in [3.8, 4) is 11.5 Å². The Kier molecular flexibility index (Phi) is 4.78. The van der Waals surface area contributed by atoms with Gasteiger partial charge in [-0.2, -0.15) is 0 Å². The quantitative estimate of drug-likeness (QED) is 0.815. The Labute approximate surface area is 155 Å². The Hall–Kier alpha value is -2.54. The fraction of sp³-hybridized carbons (Fsp3) is 0.400. The molecule has 7 heteroatoms. The number of aromatic nitrogens is 1. The van der Waals surface area contributed by atoms with Crippen molar-refractivity contribution in [2.45, 2.75) is 18.9 Å². The maximum atomic E-state index is 13.3. The first-order valence-corrected chi connectivity index (χ1v) is 9.00. The number of carbonyl (C=O) groups excluding carboxylic acids is 1. The Bertz CT molecular complexity index is 830. The van der Waals surface area contributed by atoms with Gasteiger partial charge in [0.05, 0.1) is 18.8 Å². The van der Waals surface area contributed by atoms with Gasteiger partial charge in [-0.25, -0.2) is 13.8 Å². The van der Waals surface area contributed by atoms with Crippen LogP contribution >= 0.6 is 0 Å². The van der Waals surface area contributed by atoms with Crippen LogP contribution in [-0.2, 0) is 0 Å². The Morgan fingerprint density at radius 3 is 2.52 bits per heavy atom. The lowest BCUT2D eigenvalue weighted by Crippen LogP contribution is -2.30. The Morgan fingerprint density at radius 2 is 1.89 bits per heavy atom. The van der Waals surface area contributed by atoms with Crippen molar-refractivity contribution in [3.05, 3.63) is 53.9 Å². The van der Waals surface area contributed by atoms with E-state index in [1.165, 1.54) is 24.4 Å². The molecule has 1 saturated carbocycles. The zero-order valence-electron chi connectivity index (χ0n) is 14.6. The summed E-state index contributed by atoms with van der Waals surface area (Å²) in [6, 6.07) is 6.59. The number of nitrogens with zero attached hydrogens (tertiary/aromatic N) is 2. The molecule has 1 aromatic heterocycles. The van der Waals surface area contributed by atoms with Gasteiger partial charge in [0.1, 0.15) is 17.2 Å². The third kappa shape index (κ3) is 3.93. The largest absolute Gasteiger partial charge is 0.506 e. The number of halogens is 2. The first-order chi connectivity index (χ1) is 13.0. The van der Waals surface area contributed by atoms with E-state index >= 15 is 0 Å². The van der Waals surface area contributed by atoms with E-state index in [4.69, 9.17) is 4.74 Å². The SMILES string of the molecule is O=C(CN1C[C@H]2C[C@@H](Oc3ccc(F)c(F)c3)C[C@H]2C1)c1ccc(O)cn1. The average Bonchev–Trinajstić information content (AvgIpc) is 3.16. The van der Waals surface area contributed by atoms with Crippen LogP contribution < -0.4 is 4.74 Å². The van der Waals surface area contributed by atoms with Crippen LogP contribution in [0.1, 0.15) is 23.3 Å². The maximum absolute atomic E-state index is 13.3. The zero-order valence-corrected chi connectivity index (χ0v) is 14.6. The van der Waals surface area contributed by atoms with Crippen LogP contribution in [0.5, 0.6) is 11.5 Å². The molecule has 1 aliphatic carbocycles. The van der Waals surface area contributed by atoms with E-state index in [9.17, 15) is 18.7 Å². The number of aromatic hydroxyl groups is 1. The van der Waals surface area contributed by atoms with Crippen LogP contribution in [0, 0.1) is 23.5 Å². The standard InChI is InChI=1S/C20H20F2N2O3/c21-17-3-2-15(7-18(17)22)27-16-5-12-9-24(10-13(12)6-16)11-20(26)19-4-1-14(25)8-23-19/h1-4,7-8,12-13,16,25H,5-6,9-11H2/t12-,13+,16-. The number of hydrogen-bond acceptors (Lipinski definition) is 5. The van der Waals surface area contributed by atoms with Crippen molar-refractivity contribution in [2.24, 2.45) is 11.8 Å². The molecule has 0 bridgehead atoms. The van der Waals surface area contributed by atoms with Crippen molar-refractivity contribution in [1.29, 1.82) is 0 Å². The van der Waals surface area contributed by atoms with Gasteiger partial charge in [0.25, 0.3) is 0 Å². The molecule has 142 valence electrons. The summed E-state index contributed by atoms with van der Waals surface area (Å²) in [5.74, 6) is -0.600. The van der Waals surface area contributed by atoms with Gasteiger partial charge in [0.15, 0.2) is 17.4 Å². The number of fused-ring (bicyclic) bond motifs is 1. The molecule has 1 saturated heterocycles. The molecule has 27 heavy (non-hydrogen) atoms.